The van der Waals surface area contributed by atoms with Crippen LogP contribution in [0.2, 0.25) is 0 Å². The monoisotopic (exact) mass is 180 g/mol. The third-order valence-electron chi connectivity index (χ3n) is 2.93. The van der Waals surface area contributed by atoms with E-state index in [1.54, 1.807) is 0 Å². The Balaban J connectivity index is 1.98. The Hall–Kier alpha value is -1.16. The second-order valence-corrected chi connectivity index (χ2v) is 3.64. The minimum atomic E-state index is -0.421. The summed E-state index contributed by atoms with van der Waals surface area (Å²) >= 11 is 0. The van der Waals surface area contributed by atoms with E-state index in [2.05, 4.69) is 4.74 Å². The second kappa shape index (κ2) is 2.20. The maximum absolute atomic E-state index is 11.3. The fraction of sp³-hybridized carbons (Fsp3) is 0.556. The Labute approximate surface area is 74.5 Å². The fourth-order valence-corrected chi connectivity index (χ4v) is 2.35. The van der Waals surface area contributed by atoms with E-state index in [0.717, 1.165) is 0 Å². The maximum atomic E-state index is 11.3. The summed E-state index contributed by atoms with van der Waals surface area (Å²) in [6, 6.07) is 0. The lowest BCUT2D eigenvalue weighted by atomic mass is 9.80. The van der Waals surface area contributed by atoms with E-state index in [9.17, 15) is 9.59 Å². The van der Waals surface area contributed by atoms with Crippen molar-refractivity contribution >= 4 is 11.9 Å². The van der Waals surface area contributed by atoms with Crippen LogP contribution in [0.15, 0.2) is 12.2 Å². The zero-order chi connectivity index (χ0) is 9.00. The zero-order valence-corrected chi connectivity index (χ0v) is 6.80. The number of carbonyl (C=O) groups excluding carboxylic acids is 2. The van der Waals surface area contributed by atoms with E-state index in [4.69, 9.17) is 4.74 Å². The molecule has 2 bridgehead atoms. The average Bonchev–Trinajstić information content (AvgIpc) is 2.62. The molecule has 2 saturated heterocycles. The number of rotatable bonds is 0. The summed E-state index contributed by atoms with van der Waals surface area (Å²) < 4.78 is 10.0. The zero-order valence-electron chi connectivity index (χ0n) is 6.80. The molecule has 68 valence electrons. The van der Waals surface area contributed by atoms with Crippen molar-refractivity contribution in [2.75, 3.05) is 0 Å². The van der Waals surface area contributed by atoms with Gasteiger partial charge in [0.2, 0.25) is 0 Å². The number of ether oxygens (including phenoxy) is 2. The molecule has 4 unspecified atom stereocenters. The van der Waals surface area contributed by atoms with Gasteiger partial charge in [0, 0.05) is 5.92 Å². The number of hydrogen-bond acceptors (Lipinski definition) is 4. The highest BCUT2D eigenvalue weighted by molar-refractivity contribution is 5.91. The van der Waals surface area contributed by atoms with Crippen molar-refractivity contribution in [1.29, 1.82) is 0 Å². The van der Waals surface area contributed by atoms with Crippen LogP contribution in [0.5, 0.6) is 0 Å². The number of fused-ring (bicyclic) bond motifs is 5. The van der Waals surface area contributed by atoms with Gasteiger partial charge in [0.05, 0.1) is 24.5 Å². The van der Waals surface area contributed by atoms with Crippen molar-refractivity contribution in [2.24, 2.45) is 11.8 Å². The molecule has 3 heterocycles. The highest BCUT2D eigenvalue weighted by atomic mass is 16.6. The molecule has 3 aliphatic rings. The lowest BCUT2D eigenvalue weighted by molar-refractivity contribution is -0.170. The molecule has 0 aromatic rings. The Kier molecular flexibility index (Phi) is 1.23. The SMILES string of the molecule is O=C1CC2C3C=CC(O3)C2C(=O)O1. The quantitative estimate of drug-likeness (QED) is 0.300. The van der Waals surface area contributed by atoms with Crippen molar-refractivity contribution < 1.29 is 19.1 Å². The van der Waals surface area contributed by atoms with Gasteiger partial charge < -0.3 is 9.47 Å². The van der Waals surface area contributed by atoms with Gasteiger partial charge in [-0.25, -0.2) is 0 Å². The fourth-order valence-electron chi connectivity index (χ4n) is 2.35. The first-order chi connectivity index (χ1) is 6.25. The molecule has 3 aliphatic heterocycles. The smallest absolute Gasteiger partial charge is 0.319 e. The molecule has 0 spiro atoms. The summed E-state index contributed by atoms with van der Waals surface area (Å²) in [5.41, 5.74) is 0. The first kappa shape index (κ1) is 7.26. The molecule has 0 saturated carbocycles. The minimum Gasteiger partial charge on any atom is -0.393 e. The highest BCUT2D eigenvalue weighted by Gasteiger charge is 2.54. The van der Waals surface area contributed by atoms with E-state index < -0.39 is 11.9 Å². The number of esters is 2. The Morgan fingerprint density at radius 2 is 2.00 bits per heavy atom. The normalized spacial score (nSPS) is 46.5. The molecule has 0 radical (unpaired) electrons. The van der Waals surface area contributed by atoms with E-state index in [1.165, 1.54) is 0 Å². The Morgan fingerprint density at radius 3 is 2.85 bits per heavy atom. The van der Waals surface area contributed by atoms with Crippen LogP contribution < -0.4 is 0 Å². The molecule has 0 aliphatic carbocycles. The summed E-state index contributed by atoms with van der Waals surface area (Å²) in [4.78, 5) is 22.3. The minimum absolute atomic E-state index is 0.0174. The molecule has 13 heavy (non-hydrogen) atoms. The van der Waals surface area contributed by atoms with E-state index >= 15 is 0 Å². The summed E-state index contributed by atoms with van der Waals surface area (Å²) in [7, 11) is 0. The van der Waals surface area contributed by atoms with Crippen LogP contribution in [-0.2, 0) is 19.1 Å². The average molecular weight is 180 g/mol. The molecule has 0 aromatic heterocycles. The summed E-state index contributed by atoms with van der Waals surface area (Å²) in [6.45, 7) is 0. The largest absolute Gasteiger partial charge is 0.393 e. The van der Waals surface area contributed by atoms with Crippen LogP contribution in [0.1, 0.15) is 6.42 Å². The second-order valence-electron chi connectivity index (χ2n) is 3.64. The first-order valence-corrected chi connectivity index (χ1v) is 4.34. The molecule has 0 N–H and O–H groups in total. The van der Waals surface area contributed by atoms with Gasteiger partial charge in [-0.05, 0) is 0 Å². The standard InChI is InChI=1S/C9H8O4/c10-7-3-4-5-1-2-6(12-5)8(4)9(11)13-7/h1-2,4-6,8H,3H2. The summed E-state index contributed by atoms with van der Waals surface area (Å²) in [5.74, 6) is -1.06. The molecule has 3 rings (SSSR count). The third-order valence-corrected chi connectivity index (χ3v) is 2.93. The van der Waals surface area contributed by atoms with Crippen LogP contribution >= 0.6 is 0 Å². The van der Waals surface area contributed by atoms with E-state index in [-0.39, 0.29) is 24.0 Å². The van der Waals surface area contributed by atoms with Gasteiger partial charge in [-0.15, -0.1) is 0 Å². The summed E-state index contributed by atoms with van der Waals surface area (Å²) in [5, 5.41) is 0. The molecular formula is C9H8O4. The maximum Gasteiger partial charge on any atom is 0.319 e. The third kappa shape index (κ3) is 0.836. The van der Waals surface area contributed by atoms with Gasteiger partial charge in [-0.1, -0.05) is 12.2 Å². The van der Waals surface area contributed by atoms with Crippen LogP contribution in [0.25, 0.3) is 0 Å². The molecule has 0 aromatic carbocycles. The van der Waals surface area contributed by atoms with E-state index in [0.29, 0.717) is 6.42 Å². The molecular weight excluding hydrogens is 172 g/mol. The lowest BCUT2D eigenvalue weighted by Gasteiger charge is -2.26. The van der Waals surface area contributed by atoms with Gasteiger partial charge in [0.1, 0.15) is 0 Å². The van der Waals surface area contributed by atoms with Gasteiger partial charge in [0.25, 0.3) is 0 Å². The van der Waals surface area contributed by atoms with Crippen LogP contribution in [-0.4, -0.2) is 24.1 Å². The molecule has 4 heteroatoms. The molecule has 2 fully saturated rings. The first-order valence-electron chi connectivity index (χ1n) is 4.34. The predicted molar refractivity (Wildman–Crippen MR) is 40.5 cm³/mol. The van der Waals surface area contributed by atoms with Gasteiger partial charge >= 0.3 is 11.9 Å². The van der Waals surface area contributed by atoms with Gasteiger partial charge in [0.15, 0.2) is 0 Å². The number of carbonyl (C=O) groups is 2. The predicted octanol–water partition coefficient (Wildman–Crippen LogP) is 0.0295. The van der Waals surface area contributed by atoms with Crippen molar-refractivity contribution in [3.63, 3.8) is 0 Å². The lowest BCUT2D eigenvalue weighted by Crippen LogP contribution is -2.40. The van der Waals surface area contributed by atoms with Crippen molar-refractivity contribution in [1.82, 2.24) is 0 Å². The molecule has 0 amide bonds. The van der Waals surface area contributed by atoms with Crippen LogP contribution in [0.3, 0.4) is 0 Å². The van der Waals surface area contributed by atoms with Gasteiger partial charge in [-0.2, -0.15) is 0 Å². The Bertz CT molecular complexity index is 320. The molecule has 4 nitrogen and oxygen atoms in total. The number of hydrogen-bond donors (Lipinski definition) is 0. The van der Waals surface area contributed by atoms with Crippen molar-refractivity contribution in [3.8, 4) is 0 Å². The topological polar surface area (TPSA) is 52.6 Å². The van der Waals surface area contributed by atoms with Crippen molar-refractivity contribution in [3.05, 3.63) is 12.2 Å². The van der Waals surface area contributed by atoms with Crippen LogP contribution in [0, 0.1) is 11.8 Å². The molecule has 4 atom stereocenters. The Morgan fingerprint density at radius 1 is 1.23 bits per heavy atom. The van der Waals surface area contributed by atoms with E-state index in [1.807, 2.05) is 12.2 Å². The number of cyclic esters (lactones) is 2. The summed E-state index contributed by atoms with van der Waals surface area (Å²) in [6.07, 6.45) is 3.91. The highest BCUT2D eigenvalue weighted by Crippen LogP contribution is 2.43. The van der Waals surface area contributed by atoms with Crippen molar-refractivity contribution in [2.45, 2.75) is 18.6 Å². The van der Waals surface area contributed by atoms with Gasteiger partial charge in [-0.3, -0.25) is 9.59 Å². The van der Waals surface area contributed by atoms with Crippen LogP contribution in [0.4, 0.5) is 0 Å².